The van der Waals surface area contributed by atoms with Gasteiger partial charge in [0.25, 0.3) is 0 Å². The molecule has 0 aliphatic carbocycles. The summed E-state index contributed by atoms with van der Waals surface area (Å²) in [5, 5.41) is 0.341. The lowest BCUT2D eigenvalue weighted by Crippen LogP contribution is -2.27. The fourth-order valence-electron chi connectivity index (χ4n) is 1.64. The Kier molecular flexibility index (Phi) is 6.05. The molecule has 1 rings (SSSR count). The lowest BCUT2D eigenvalue weighted by molar-refractivity contribution is 0.671. The Hall–Kier alpha value is -1.03. The maximum Gasteiger partial charge on any atom is 0.157 e. The highest BCUT2D eigenvalue weighted by Gasteiger charge is 2.13. The van der Waals surface area contributed by atoms with E-state index in [9.17, 15) is 0 Å². The van der Waals surface area contributed by atoms with E-state index in [0.717, 1.165) is 44.6 Å². The Morgan fingerprint density at radius 3 is 2.29 bits per heavy atom. The maximum absolute atomic E-state index is 5.93. The summed E-state index contributed by atoms with van der Waals surface area (Å²) in [4.78, 5) is 10.3. The van der Waals surface area contributed by atoms with E-state index < -0.39 is 0 Å². The molecule has 1 aromatic rings. The first kappa shape index (κ1) is 14.0. The van der Waals surface area contributed by atoms with Crippen LogP contribution in [0.15, 0.2) is 6.33 Å². The van der Waals surface area contributed by atoms with Crippen molar-refractivity contribution in [2.45, 2.75) is 39.5 Å². The van der Waals surface area contributed by atoms with E-state index in [-0.39, 0.29) is 0 Å². The largest absolute Gasteiger partial charge is 0.393 e. The molecule has 4 nitrogen and oxygen atoms in total. The summed E-state index contributed by atoms with van der Waals surface area (Å²) in [5.74, 6) is 0.770. The molecule has 5 heteroatoms. The van der Waals surface area contributed by atoms with Crippen LogP contribution in [0.25, 0.3) is 0 Å². The Labute approximate surface area is 108 Å². The number of anilines is 2. The fraction of sp³-hybridized carbons (Fsp3) is 0.667. The van der Waals surface area contributed by atoms with Crippen LogP contribution in [0.2, 0.25) is 5.15 Å². The lowest BCUT2D eigenvalue weighted by Gasteiger charge is -2.24. The van der Waals surface area contributed by atoms with Crippen LogP contribution in [0.1, 0.15) is 39.5 Å². The van der Waals surface area contributed by atoms with Gasteiger partial charge in [-0.3, -0.25) is 0 Å². The van der Waals surface area contributed by atoms with E-state index >= 15 is 0 Å². The van der Waals surface area contributed by atoms with Gasteiger partial charge in [-0.1, -0.05) is 38.3 Å². The van der Waals surface area contributed by atoms with Gasteiger partial charge in [0.1, 0.15) is 12.0 Å². The quantitative estimate of drug-likeness (QED) is 0.762. The van der Waals surface area contributed by atoms with E-state index in [1.165, 1.54) is 6.33 Å². The SMILES string of the molecule is CCCCN(CCCC)c1ncnc(Cl)c1N. The Morgan fingerprint density at radius 1 is 1.18 bits per heavy atom. The highest BCUT2D eigenvalue weighted by molar-refractivity contribution is 6.32. The molecule has 0 saturated carbocycles. The Balaban J connectivity index is 2.83. The highest BCUT2D eigenvalue weighted by atomic mass is 35.5. The smallest absolute Gasteiger partial charge is 0.157 e. The first-order valence-corrected chi connectivity index (χ1v) is 6.59. The Morgan fingerprint density at radius 2 is 1.76 bits per heavy atom. The molecule has 0 spiro atoms. The van der Waals surface area contributed by atoms with E-state index in [1.807, 2.05) is 0 Å². The zero-order chi connectivity index (χ0) is 12.7. The van der Waals surface area contributed by atoms with Gasteiger partial charge in [0.05, 0.1) is 0 Å². The van der Waals surface area contributed by atoms with Gasteiger partial charge in [-0.05, 0) is 12.8 Å². The van der Waals surface area contributed by atoms with E-state index in [2.05, 4.69) is 28.7 Å². The van der Waals surface area contributed by atoms with Gasteiger partial charge >= 0.3 is 0 Å². The van der Waals surface area contributed by atoms with Crippen molar-refractivity contribution in [3.63, 3.8) is 0 Å². The third-order valence-corrected chi connectivity index (χ3v) is 2.98. The summed E-state index contributed by atoms with van der Waals surface area (Å²) in [6.45, 7) is 6.28. The van der Waals surface area contributed by atoms with Crippen molar-refractivity contribution in [2.24, 2.45) is 0 Å². The van der Waals surface area contributed by atoms with Crippen molar-refractivity contribution in [2.75, 3.05) is 23.7 Å². The van der Waals surface area contributed by atoms with Gasteiger partial charge in [-0.2, -0.15) is 0 Å². The molecule has 0 bridgehead atoms. The van der Waals surface area contributed by atoms with Crippen LogP contribution in [-0.4, -0.2) is 23.1 Å². The topological polar surface area (TPSA) is 55.0 Å². The summed E-state index contributed by atoms with van der Waals surface area (Å²) in [7, 11) is 0. The number of aromatic nitrogens is 2. The summed E-state index contributed by atoms with van der Waals surface area (Å²) in [6, 6.07) is 0. The second-order valence-corrected chi connectivity index (χ2v) is 4.45. The van der Waals surface area contributed by atoms with Crippen LogP contribution in [0.4, 0.5) is 11.5 Å². The average molecular weight is 257 g/mol. The molecule has 17 heavy (non-hydrogen) atoms. The number of hydrogen-bond donors (Lipinski definition) is 1. The maximum atomic E-state index is 5.93. The molecule has 0 aliphatic heterocycles. The van der Waals surface area contributed by atoms with Crippen LogP contribution in [0.5, 0.6) is 0 Å². The molecule has 96 valence electrons. The van der Waals surface area contributed by atoms with Crippen molar-refractivity contribution in [1.82, 2.24) is 9.97 Å². The first-order chi connectivity index (χ1) is 8.20. The summed E-state index contributed by atoms with van der Waals surface area (Å²) < 4.78 is 0. The molecule has 2 N–H and O–H groups in total. The van der Waals surface area contributed by atoms with Gasteiger partial charge in [0.2, 0.25) is 0 Å². The molecule has 0 radical (unpaired) electrons. The molecule has 0 fully saturated rings. The van der Waals surface area contributed by atoms with Crippen molar-refractivity contribution < 1.29 is 0 Å². The Bertz CT molecular complexity index is 335. The molecule has 0 unspecified atom stereocenters. The number of hydrogen-bond acceptors (Lipinski definition) is 4. The predicted molar refractivity (Wildman–Crippen MR) is 73.5 cm³/mol. The van der Waals surface area contributed by atoms with Gasteiger partial charge in [-0.15, -0.1) is 0 Å². The molecule has 0 amide bonds. The monoisotopic (exact) mass is 256 g/mol. The standard InChI is InChI=1S/C12H21ClN4/c1-3-5-7-17(8-6-4-2)12-10(14)11(13)15-9-16-12/h9H,3-8,14H2,1-2H3. The molecule has 1 aromatic heterocycles. The number of halogens is 1. The van der Waals surface area contributed by atoms with Crippen LogP contribution in [0, 0.1) is 0 Å². The van der Waals surface area contributed by atoms with Crippen LogP contribution >= 0.6 is 11.6 Å². The van der Waals surface area contributed by atoms with Crippen molar-refractivity contribution in [3.05, 3.63) is 11.5 Å². The number of unbranched alkanes of at least 4 members (excludes halogenated alkanes) is 2. The molecule has 0 saturated heterocycles. The normalized spacial score (nSPS) is 10.5. The molecule has 0 atom stereocenters. The zero-order valence-corrected chi connectivity index (χ0v) is 11.4. The predicted octanol–water partition coefficient (Wildman–Crippen LogP) is 3.12. The lowest BCUT2D eigenvalue weighted by atomic mass is 10.2. The fourth-order valence-corrected chi connectivity index (χ4v) is 1.77. The van der Waals surface area contributed by atoms with E-state index in [0.29, 0.717) is 10.8 Å². The summed E-state index contributed by atoms with van der Waals surface area (Å²) in [6.07, 6.45) is 6.04. The average Bonchev–Trinajstić information content (AvgIpc) is 2.34. The second kappa shape index (κ2) is 7.33. The van der Waals surface area contributed by atoms with E-state index in [1.54, 1.807) is 0 Å². The molecule has 0 aromatic carbocycles. The van der Waals surface area contributed by atoms with Crippen molar-refractivity contribution in [1.29, 1.82) is 0 Å². The number of nitrogens with two attached hydrogens (primary N) is 1. The van der Waals surface area contributed by atoms with Crippen molar-refractivity contribution >= 4 is 23.1 Å². The molecule has 1 heterocycles. The third-order valence-electron chi connectivity index (χ3n) is 2.68. The zero-order valence-electron chi connectivity index (χ0n) is 10.6. The van der Waals surface area contributed by atoms with Crippen LogP contribution in [-0.2, 0) is 0 Å². The van der Waals surface area contributed by atoms with Gasteiger partial charge < -0.3 is 10.6 Å². The second-order valence-electron chi connectivity index (χ2n) is 4.10. The third kappa shape index (κ3) is 4.04. The van der Waals surface area contributed by atoms with Gasteiger partial charge in [0, 0.05) is 13.1 Å². The molecule has 0 aliphatic rings. The van der Waals surface area contributed by atoms with Gasteiger partial charge in [-0.25, -0.2) is 9.97 Å². The van der Waals surface area contributed by atoms with Crippen LogP contribution in [0.3, 0.4) is 0 Å². The highest BCUT2D eigenvalue weighted by Crippen LogP contribution is 2.26. The molecular formula is C12H21ClN4. The van der Waals surface area contributed by atoms with Crippen LogP contribution < -0.4 is 10.6 Å². The first-order valence-electron chi connectivity index (χ1n) is 6.21. The van der Waals surface area contributed by atoms with Gasteiger partial charge in [0.15, 0.2) is 11.0 Å². The molecular weight excluding hydrogens is 236 g/mol. The minimum Gasteiger partial charge on any atom is -0.393 e. The minimum atomic E-state index is 0.341. The van der Waals surface area contributed by atoms with E-state index in [4.69, 9.17) is 17.3 Å². The number of rotatable bonds is 7. The summed E-state index contributed by atoms with van der Waals surface area (Å²) in [5.41, 5.74) is 6.42. The number of nitrogens with zero attached hydrogens (tertiary/aromatic N) is 3. The summed E-state index contributed by atoms with van der Waals surface area (Å²) >= 11 is 5.92. The minimum absolute atomic E-state index is 0.341. The van der Waals surface area contributed by atoms with Crippen molar-refractivity contribution in [3.8, 4) is 0 Å². The number of nitrogen functional groups attached to an aromatic ring is 1.